The van der Waals surface area contributed by atoms with Gasteiger partial charge in [0, 0.05) is 38.4 Å². The van der Waals surface area contributed by atoms with Gasteiger partial charge in [-0.05, 0) is 25.8 Å². The first kappa shape index (κ1) is 12.6. The average Bonchev–Trinajstić information content (AvgIpc) is 2.63. The molecule has 1 aliphatic heterocycles. The summed E-state index contributed by atoms with van der Waals surface area (Å²) >= 11 is 0. The van der Waals surface area contributed by atoms with Crippen molar-refractivity contribution in [1.29, 1.82) is 0 Å². The molecule has 0 unspecified atom stereocenters. The lowest BCUT2D eigenvalue weighted by atomic mass is 10.1. The molecule has 4 heteroatoms. The van der Waals surface area contributed by atoms with Crippen LogP contribution in [-0.2, 0) is 13.0 Å². The summed E-state index contributed by atoms with van der Waals surface area (Å²) in [6, 6.07) is 0. The smallest absolute Gasteiger partial charge is 0.0628 e. The molecule has 0 atom stereocenters. The molecule has 0 radical (unpaired) electrons. The molecule has 0 aliphatic carbocycles. The van der Waals surface area contributed by atoms with E-state index in [-0.39, 0.29) is 0 Å². The Balaban J connectivity index is 1.94. The molecule has 0 spiro atoms. The van der Waals surface area contributed by atoms with E-state index in [1.165, 1.54) is 30.0 Å². The summed E-state index contributed by atoms with van der Waals surface area (Å²) in [5, 5.41) is 8.02. The van der Waals surface area contributed by atoms with Crippen LogP contribution in [0.3, 0.4) is 0 Å². The summed E-state index contributed by atoms with van der Waals surface area (Å²) in [4.78, 5) is 2.51. The number of hydrogen-bond donors (Lipinski definition) is 1. The van der Waals surface area contributed by atoms with Crippen LogP contribution in [0.4, 0.5) is 0 Å². The van der Waals surface area contributed by atoms with E-state index in [4.69, 9.17) is 0 Å². The third-order valence-electron chi connectivity index (χ3n) is 3.72. The van der Waals surface area contributed by atoms with Gasteiger partial charge in [0.1, 0.15) is 0 Å². The zero-order chi connectivity index (χ0) is 12.3. The maximum atomic E-state index is 4.64. The minimum atomic E-state index is 1.02. The Labute approximate surface area is 104 Å². The molecule has 1 N–H and O–H groups in total. The molecule has 1 aromatic heterocycles. The Morgan fingerprint density at radius 1 is 1.18 bits per heavy atom. The van der Waals surface area contributed by atoms with Gasteiger partial charge in [-0.2, -0.15) is 5.10 Å². The Morgan fingerprint density at radius 3 is 2.47 bits per heavy atom. The van der Waals surface area contributed by atoms with E-state index in [1.807, 2.05) is 0 Å². The molecule has 1 aliphatic rings. The summed E-state index contributed by atoms with van der Waals surface area (Å²) in [6.07, 6.45) is 1.09. The van der Waals surface area contributed by atoms with Crippen molar-refractivity contribution in [3.63, 3.8) is 0 Å². The second-order valence-electron chi connectivity index (χ2n) is 4.82. The number of nitrogens with one attached hydrogen (secondary N) is 1. The average molecular weight is 236 g/mol. The van der Waals surface area contributed by atoms with Gasteiger partial charge in [-0.15, -0.1) is 0 Å². The predicted octanol–water partition coefficient (Wildman–Crippen LogP) is 0.968. The zero-order valence-electron chi connectivity index (χ0n) is 11.3. The molecule has 1 aromatic rings. The number of aryl methyl sites for hydroxylation is 1. The number of aromatic nitrogens is 2. The first-order valence-corrected chi connectivity index (χ1v) is 6.68. The Morgan fingerprint density at radius 2 is 1.88 bits per heavy atom. The van der Waals surface area contributed by atoms with Crippen molar-refractivity contribution in [2.75, 3.05) is 32.7 Å². The predicted molar refractivity (Wildman–Crippen MR) is 70.4 cm³/mol. The molecule has 2 heterocycles. The van der Waals surface area contributed by atoms with Gasteiger partial charge in [0.15, 0.2) is 0 Å². The normalized spacial score (nSPS) is 17.6. The van der Waals surface area contributed by atoms with Crippen LogP contribution in [0.1, 0.15) is 23.9 Å². The van der Waals surface area contributed by atoms with Crippen LogP contribution in [0.5, 0.6) is 0 Å². The molecule has 17 heavy (non-hydrogen) atoms. The van der Waals surface area contributed by atoms with Crippen LogP contribution >= 0.6 is 0 Å². The Bertz CT molecular complexity index is 364. The van der Waals surface area contributed by atoms with Crippen molar-refractivity contribution in [2.45, 2.75) is 33.7 Å². The van der Waals surface area contributed by atoms with E-state index in [2.05, 4.69) is 40.8 Å². The van der Waals surface area contributed by atoms with Gasteiger partial charge in [-0.1, -0.05) is 6.92 Å². The summed E-state index contributed by atoms with van der Waals surface area (Å²) in [6.45, 7) is 13.2. The molecule has 4 nitrogen and oxygen atoms in total. The van der Waals surface area contributed by atoms with Gasteiger partial charge >= 0.3 is 0 Å². The SMILES string of the molecule is CCc1c(C)nn(CCN2CCNCC2)c1C. The Hall–Kier alpha value is -0.870. The first-order chi connectivity index (χ1) is 8.22. The van der Waals surface area contributed by atoms with Crippen LogP contribution in [0.2, 0.25) is 0 Å². The van der Waals surface area contributed by atoms with E-state index in [1.54, 1.807) is 0 Å². The van der Waals surface area contributed by atoms with E-state index < -0.39 is 0 Å². The molecule has 2 rings (SSSR count). The quantitative estimate of drug-likeness (QED) is 0.845. The summed E-state index contributed by atoms with van der Waals surface area (Å²) in [5.74, 6) is 0. The lowest BCUT2D eigenvalue weighted by Crippen LogP contribution is -2.44. The third kappa shape index (κ3) is 2.87. The van der Waals surface area contributed by atoms with Gasteiger partial charge in [-0.3, -0.25) is 9.58 Å². The van der Waals surface area contributed by atoms with Gasteiger partial charge < -0.3 is 5.32 Å². The van der Waals surface area contributed by atoms with Crippen molar-refractivity contribution < 1.29 is 0 Å². The molecule has 0 aromatic carbocycles. The van der Waals surface area contributed by atoms with E-state index in [0.717, 1.165) is 32.6 Å². The first-order valence-electron chi connectivity index (χ1n) is 6.68. The molecular formula is C13H24N4. The number of nitrogens with zero attached hydrogens (tertiary/aromatic N) is 3. The number of piperazine rings is 1. The number of rotatable bonds is 4. The van der Waals surface area contributed by atoms with Crippen LogP contribution in [0.25, 0.3) is 0 Å². The van der Waals surface area contributed by atoms with Crippen LogP contribution in [0, 0.1) is 13.8 Å². The minimum absolute atomic E-state index is 1.02. The molecular weight excluding hydrogens is 212 g/mol. The van der Waals surface area contributed by atoms with Crippen molar-refractivity contribution in [3.05, 3.63) is 17.0 Å². The van der Waals surface area contributed by atoms with Crippen molar-refractivity contribution >= 4 is 0 Å². The second kappa shape index (κ2) is 5.65. The fourth-order valence-corrected chi connectivity index (χ4v) is 2.63. The van der Waals surface area contributed by atoms with Gasteiger partial charge in [0.2, 0.25) is 0 Å². The van der Waals surface area contributed by atoms with Crippen LogP contribution < -0.4 is 5.32 Å². The molecule has 0 bridgehead atoms. The van der Waals surface area contributed by atoms with E-state index >= 15 is 0 Å². The third-order valence-corrected chi connectivity index (χ3v) is 3.72. The summed E-state index contributed by atoms with van der Waals surface area (Å²) in [5.41, 5.74) is 3.97. The highest BCUT2D eigenvalue weighted by atomic mass is 15.3. The maximum Gasteiger partial charge on any atom is 0.0628 e. The zero-order valence-corrected chi connectivity index (χ0v) is 11.3. The Kier molecular flexibility index (Phi) is 4.18. The molecule has 0 saturated carbocycles. The molecule has 0 amide bonds. The van der Waals surface area contributed by atoms with E-state index in [9.17, 15) is 0 Å². The van der Waals surface area contributed by atoms with Gasteiger partial charge in [0.25, 0.3) is 0 Å². The minimum Gasteiger partial charge on any atom is -0.314 e. The highest BCUT2D eigenvalue weighted by Gasteiger charge is 2.12. The topological polar surface area (TPSA) is 33.1 Å². The van der Waals surface area contributed by atoms with Crippen molar-refractivity contribution in [3.8, 4) is 0 Å². The summed E-state index contributed by atoms with van der Waals surface area (Å²) in [7, 11) is 0. The molecule has 1 saturated heterocycles. The monoisotopic (exact) mass is 236 g/mol. The van der Waals surface area contributed by atoms with E-state index in [0.29, 0.717) is 0 Å². The summed E-state index contributed by atoms with van der Waals surface area (Å²) < 4.78 is 2.18. The highest BCUT2D eigenvalue weighted by molar-refractivity contribution is 5.24. The van der Waals surface area contributed by atoms with Gasteiger partial charge in [-0.25, -0.2) is 0 Å². The fourth-order valence-electron chi connectivity index (χ4n) is 2.63. The highest BCUT2D eigenvalue weighted by Crippen LogP contribution is 2.13. The molecule has 96 valence electrons. The second-order valence-corrected chi connectivity index (χ2v) is 4.82. The lowest BCUT2D eigenvalue weighted by molar-refractivity contribution is 0.228. The lowest BCUT2D eigenvalue weighted by Gasteiger charge is -2.27. The van der Waals surface area contributed by atoms with Crippen molar-refractivity contribution in [2.24, 2.45) is 0 Å². The van der Waals surface area contributed by atoms with Crippen LogP contribution in [0.15, 0.2) is 0 Å². The largest absolute Gasteiger partial charge is 0.314 e. The maximum absolute atomic E-state index is 4.64. The standard InChI is InChI=1S/C13H24N4/c1-4-13-11(2)15-17(12(13)3)10-9-16-7-5-14-6-8-16/h14H,4-10H2,1-3H3. The van der Waals surface area contributed by atoms with Gasteiger partial charge in [0.05, 0.1) is 12.2 Å². The fraction of sp³-hybridized carbons (Fsp3) is 0.769. The van der Waals surface area contributed by atoms with Crippen molar-refractivity contribution in [1.82, 2.24) is 20.0 Å². The van der Waals surface area contributed by atoms with Crippen LogP contribution in [-0.4, -0.2) is 47.4 Å². The molecule has 1 fully saturated rings. The number of hydrogen-bond acceptors (Lipinski definition) is 3.